The Morgan fingerprint density at radius 2 is 0.652 bits per heavy atom. The molecule has 0 rings (SSSR count). The van der Waals surface area contributed by atoms with E-state index in [2.05, 4.69) is 38.0 Å². The number of rotatable bonds is 7. The first-order valence-electron chi connectivity index (χ1n) is 6.04. The van der Waals surface area contributed by atoms with E-state index in [9.17, 15) is 0 Å². The van der Waals surface area contributed by atoms with Crippen molar-refractivity contribution in [2.45, 2.75) is 25.7 Å². The van der Waals surface area contributed by atoms with E-state index in [0.29, 0.717) is 0 Å². The van der Waals surface area contributed by atoms with Crippen LogP contribution in [0.2, 0.25) is 0 Å². The van der Waals surface area contributed by atoms with Gasteiger partial charge >= 0.3 is 17.1 Å². The maximum atomic E-state index is 6.25. The second-order valence-corrected chi connectivity index (χ2v) is 4.02. The summed E-state index contributed by atoms with van der Waals surface area (Å²) in [5.74, 6) is 0. The summed E-state index contributed by atoms with van der Waals surface area (Å²) in [5.41, 5.74) is 0. The fraction of sp³-hybridized carbons (Fsp3) is 0.667. The molecule has 127 valence electrons. The minimum absolute atomic E-state index is 0. The third kappa shape index (κ3) is 134. The van der Waals surface area contributed by atoms with Gasteiger partial charge in [-0.05, 0) is 54.1 Å². The minimum Gasteiger partial charge on any atom is -0.512 e. The predicted molar refractivity (Wildman–Crippen MR) is 80.4 cm³/mol. The molecule has 0 aliphatic carbocycles. The van der Waals surface area contributed by atoms with Gasteiger partial charge in [-0.1, -0.05) is 12.8 Å². The smallest absolute Gasteiger partial charge is 0.512 e. The van der Waals surface area contributed by atoms with Crippen LogP contribution in [0, 0.1) is 59.2 Å². The van der Waals surface area contributed by atoms with Crippen LogP contribution in [0.4, 0.5) is 0 Å². The number of hydrogen-bond donors (Lipinski definition) is 0. The van der Waals surface area contributed by atoms with Gasteiger partial charge < -0.3 is 69.0 Å². The zero-order valence-corrected chi connectivity index (χ0v) is 15.3. The van der Waals surface area contributed by atoms with Crippen molar-refractivity contribution >= 4 is 0 Å². The van der Waals surface area contributed by atoms with Crippen LogP contribution in [0.3, 0.4) is 0 Å². The molecule has 0 heterocycles. The number of unbranched alkanes of at least 4 members (excludes halogenated alkanes) is 3. The maximum absolute atomic E-state index is 6.25. The first-order valence-corrected chi connectivity index (χ1v) is 6.04. The molecule has 0 aromatic heterocycles. The molecule has 0 aliphatic rings. The van der Waals surface area contributed by atoms with E-state index in [1.165, 1.54) is 38.8 Å². The van der Waals surface area contributed by atoms with Crippen molar-refractivity contribution in [1.82, 2.24) is 9.80 Å². The third-order valence-electron chi connectivity index (χ3n) is 1.96. The normalized spacial score (nSPS) is 6.43. The fourth-order valence-electron chi connectivity index (χ4n) is 1.21. The zero-order valence-electron chi connectivity index (χ0n) is 14.2. The van der Waals surface area contributed by atoms with Gasteiger partial charge in [0.15, 0.2) is 0 Å². The van der Waals surface area contributed by atoms with Crippen molar-refractivity contribution in [2.75, 3.05) is 41.3 Å². The number of hydrogen-bond acceptors (Lipinski definition) is 7. The van der Waals surface area contributed by atoms with Gasteiger partial charge in [-0.2, -0.15) is 0 Å². The van der Waals surface area contributed by atoms with Crippen LogP contribution >= 0.6 is 0 Å². The van der Waals surface area contributed by atoms with E-state index >= 15 is 0 Å². The van der Waals surface area contributed by atoms with Crippen molar-refractivity contribution in [3.05, 3.63) is 32.9 Å². The van der Waals surface area contributed by atoms with Gasteiger partial charge in [-0.3, -0.25) is 0 Å². The summed E-state index contributed by atoms with van der Waals surface area (Å²) >= 11 is 0. The molecule has 0 aromatic carbocycles. The van der Waals surface area contributed by atoms with Gasteiger partial charge in [-0.15, -0.1) is 0 Å². The minimum atomic E-state index is 0. The van der Waals surface area contributed by atoms with Crippen molar-refractivity contribution < 1.29 is 17.1 Å². The molecule has 0 aliphatic heterocycles. The summed E-state index contributed by atoms with van der Waals surface area (Å²) < 4.78 is 0. The molecule has 0 saturated carbocycles. The molecule has 0 unspecified atom stereocenters. The van der Waals surface area contributed by atoms with Gasteiger partial charge in [0.1, 0.15) is 0 Å². The van der Waals surface area contributed by atoms with E-state index < -0.39 is 0 Å². The van der Waals surface area contributed by atoms with Crippen molar-refractivity contribution in [2.24, 2.45) is 0 Å². The standard InChI is InChI=1S/C10H24N2.5CN.Fe/c1-11(2)9-7-5-6-8-10-12(3)4;5*1-2;/h5-10H2,1-4H3;;;;;;/q;5*-1;+5. The van der Waals surface area contributed by atoms with Crippen LogP contribution in [0.15, 0.2) is 0 Å². The molecular formula is C15H24FeN7. The average molecular weight is 358 g/mol. The third-order valence-corrected chi connectivity index (χ3v) is 1.96. The Labute approximate surface area is 153 Å². The van der Waals surface area contributed by atoms with Gasteiger partial charge in [0.05, 0.1) is 0 Å². The second kappa shape index (κ2) is 72.6. The first kappa shape index (κ1) is 42.8. The summed E-state index contributed by atoms with van der Waals surface area (Å²) in [6, 6.07) is 0. The molecule has 0 fully saturated rings. The SMILES string of the molecule is CN(C)CCCCCCN(C)C.[C-]#N.[C-]#N.[C-]#N.[C-]#N.[C-]#N.[Fe+5]. The first-order chi connectivity index (χ1) is 10.6. The molecule has 8 heteroatoms. The van der Waals surface area contributed by atoms with Gasteiger partial charge in [0.25, 0.3) is 0 Å². The van der Waals surface area contributed by atoms with Crippen molar-refractivity contribution in [3.63, 3.8) is 0 Å². The summed E-state index contributed by atoms with van der Waals surface area (Å²) in [6.07, 6.45) is 5.46. The number of nitrogens with zero attached hydrogens (tertiary/aromatic N) is 7. The molecule has 7 nitrogen and oxygen atoms in total. The molecule has 0 atom stereocenters. The van der Waals surface area contributed by atoms with Gasteiger partial charge in [0.2, 0.25) is 0 Å². The topological polar surface area (TPSA) is 125 Å². The Morgan fingerprint density at radius 1 is 0.478 bits per heavy atom. The van der Waals surface area contributed by atoms with Crippen LogP contribution in [0.1, 0.15) is 25.7 Å². The largest absolute Gasteiger partial charge is 5.00 e. The molecule has 0 spiro atoms. The predicted octanol–water partition coefficient (Wildman–Crippen LogP) is 2.15. The van der Waals surface area contributed by atoms with E-state index in [0.717, 1.165) is 0 Å². The summed E-state index contributed by atoms with van der Waals surface area (Å²) in [7, 11) is 8.55. The van der Waals surface area contributed by atoms with Crippen molar-refractivity contribution in [1.29, 1.82) is 26.3 Å². The second-order valence-electron chi connectivity index (χ2n) is 4.02. The van der Waals surface area contributed by atoms with Crippen LogP contribution in [-0.2, 0) is 17.1 Å². The van der Waals surface area contributed by atoms with Crippen molar-refractivity contribution in [3.8, 4) is 0 Å². The van der Waals surface area contributed by atoms with Gasteiger partial charge in [0, 0.05) is 0 Å². The summed E-state index contributed by atoms with van der Waals surface area (Å²) in [6.45, 7) is 26.2. The van der Waals surface area contributed by atoms with E-state index in [-0.39, 0.29) is 17.1 Å². The molecule has 0 amide bonds. The molecule has 0 N–H and O–H groups in total. The van der Waals surface area contributed by atoms with Crippen LogP contribution < -0.4 is 0 Å². The van der Waals surface area contributed by atoms with E-state index in [1.54, 1.807) is 0 Å². The summed E-state index contributed by atoms with van der Waals surface area (Å²) in [4.78, 5) is 4.51. The quantitative estimate of drug-likeness (QED) is 0.388. The van der Waals surface area contributed by atoms with E-state index in [4.69, 9.17) is 59.2 Å². The molecule has 0 aromatic rings. The molecule has 23 heavy (non-hydrogen) atoms. The van der Waals surface area contributed by atoms with Crippen LogP contribution in [0.5, 0.6) is 0 Å². The average Bonchev–Trinajstić information content (AvgIpc) is 2.59. The Kier molecular flexibility index (Phi) is 135. The Morgan fingerprint density at radius 3 is 0.783 bits per heavy atom. The molecular weight excluding hydrogens is 334 g/mol. The molecule has 1 radical (unpaired) electrons. The molecule has 0 saturated heterocycles. The van der Waals surface area contributed by atoms with E-state index in [1.807, 2.05) is 0 Å². The summed E-state index contributed by atoms with van der Waals surface area (Å²) in [5, 5.41) is 31.2. The molecule has 0 bridgehead atoms. The fourth-order valence-corrected chi connectivity index (χ4v) is 1.21. The maximum Gasteiger partial charge on any atom is 5.00 e. The monoisotopic (exact) mass is 358 g/mol. The van der Waals surface area contributed by atoms with Crippen LogP contribution in [0.25, 0.3) is 0 Å². The van der Waals surface area contributed by atoms with Crippen LogP contribution in [-0.4, -0.2) is 51.1 Å². The Bertz CT molecular complexity index is 208. The van der Waals surface area contributed by atoms with Gasteiger partial charge in [-0.25, -0.2) is 0 Å². The zero-order chi connectivity index (χ0) is 19.4. The Balaban J connectivity index is -0.0000000396. The Hall–Kier alpha value is -2.11.